The van der Waals surface area contributed by atoms with Crippen molar-refractivity contribution in [1.82, 2.24) is 9.38 Å². The van der Waals surface area contributed by atoms with Crippen LogP contribution in [0, 0.1) is 6.92 Å². The van der Waals surface area contributed by atoms with Gasteiger partial charge < -0.3 is 9.51 Å². The van der Waals surface area contributed by atoms with Gasteiger partial charge in [0.1, 0.15) is 5.65 Å². The molecule has 0 atom stereocenters. The van der Waals surface area contributed by atoms with Gasteiger partial charge in [0.2, 0.25) is 0 Å². The number of aromatic nitrogens is 2. The zero-order valence-corrected chi connectivity index (χ0v) is 11.1. The number of aliphatic carboxylic acids is 1. The Kier molecular flexibility index (Phi) is 2.99. The smallest absolute Gasteiger partial charge is 0.309 e. The third-order valence-corrected chi connectivity index (χ3v) is 3.31. The topological polar surface area (TPSA) is 54.6 Å². The lowest BCUT2D eigenvalue weighted by Crippen LogP contribution is -2.03. The monoisotopic (exact) mass is 266 g/mol. The maximum Gasteiger partial charge on any atom is 0.309 e. The van der Waals surface area contributed by atoms with Crippen LogP contribution in [0.3, 0.4) is 0 Å². The molecule has 0 amide bonds. The highest BCUT2D eigenvalue weighted by molar-refractivity contribution is 5.78. The van der Waals surface area contributed by atoms with Gasteiger partial charge in [-0.3, -0.25) is 4.79 Å². The molecule has 0 spiro atoms. The fraction of sp³-hybridized carbons (Fsp3) is 0.125. The van der Waals surface area contributed by atoms with Crippen molar-refractivity contribution < 1.29 is 9.90 Å². The molecular formula is C16H14N2O2. The second-order valence-electron chi connectivity index (χ2n) is 4.80. The summed E-state index contributed by atoms with van der Waals surface area (Å²) < 4.78 is 1.84. The number of carboxylic acids is 1. The number of hydrogen-bond donors (Lipinski definition) is 1. The molecule has 3 rings (SSSR count). The van der Waals surface area contributed by atoms with E-state index in [4.69, 9.17) is 5.11 Å². The fourth-order valence-electron chi connectivity index (χ4n) is 2.31. The van der Waals surface area contributed by atoms with E-state index in [0.717, 1.165) is 16.8 Å². The predicted octanol–water partition coefficient (Wildman–Crippen LogP) is 2.94. The summed E-state index contributed by atoms with van der Waals surface area (Å²) in [7, 11) is 0. The third kappa shape index (κ3) is 2.16. The highest BCUT2D eigenvalue weighted by atomic mass is 16.4. The number of carboxylic acid groups (broad SMARTS) is 1. The van der Waals surface area contributed by atoms with E-state index in [1.165, 1.54) is 5.56 Å². The lowest BCUT2D eigenvalue weighted by atomic mass is 10.1. The summed E-state index contributed by atoms with van der Waals surface area (Å²) in [6.45, 7) is 2.05. The van der Waals surface area contributed by atoms with E-state index in [2.05, 4.69) is 29.2 Å². The molecule has 0 aliphatic heterocycles. The predicted molar refractivity (Wildman–Crippen MR) is 76.7 cm³/mol. The Balaban J connectivity index is 2.15. The number of hydrogen-bond acceptors (Lipinski definition) is 2. The van der Waals surface area contributed by atoms with Crippen LogP contribution in [0.1, 0.15) is 11.3 Å². The first kappa shape index (κ1) is 12.4. The highest BCUT2D eigenvalue weighted by Gasteiger charge is 2.11. The van der Waals surface area contributed by atoms with E-state index in [1.807, 2.05) is 29.7 Å². The van der Waals surface area contributed by atoms with Gasteiger partial charge in [0.05, 0.1) is 12.1 Å². The summed E-state index contributed by atoms with van der Waals surface area (Å²) >= 11 is 0. The third-order valence-electron chi connectivity index (χ3n) is 3.31. The molecule has 0 saturated heterocycles. The van der Waals surface area contributed by atoms with Crippen molar-refractivity contribution in [2.24, 2.45) is 0 Å². The minimum absolute atomic E-state index is 0.0292. The van der Waals surface area contributed by atoms with Crippen LogP contribution < -0.4 is 0 Å². The van der Waals surface area contributed by atoms with Gasteiger partial charge in [-0.05, 0) is 24.6 Å². The minimum atomic E-state index is -0.854. The van der Waals surface area contributed by atoms with Gasteiger partial charge in [0.25, 0.3) is 0 Å². The number of carbonyl (C=O) groups is 1. The SMILES string of the molecule is Cc1ccc(-c2cccn3c(CC(=O)O)cnc23)cc1. The molecule has 2 heterocycles. The summed E-state index contributed by atoms with van der Waals surface area (Å²) in [6, 6.07) is 12.1. The molecule has 4 nitrogen and oxygen atoms in total. The molecule has 0 aliphatic rings. The number of benzene rings is 1. The normalized spacial score (nSPS) is 10.8. The molecule has 0 saturated carbocycles. The van der Waals surface area contributed by atoms with E-state index in [0.29, 0.717) is 5.69 Å². The molecule has 0 bridgehead atoms. The number of pyridine rings is 1. The van der Waals surface area contributed by atoms with Crippen LogP contribution >= 0.6 is 0 Å². The minimum Gasteiger partial charge on any atom is -0.481 e. The Morgan fingerprint density at radius 3 is 2.70 bits per heavy atom. The molecule has 4 heteroatoms. The summed E-state index contributed by atoms with van der Waals surface area (Å²) in [5.74, 6) is -0.854. The summed E-state index contributed by atoms with van der Waals surface area (Å²) in [4.78, 5) is 15.2. The number of fused-ring (bicyclic) bond motifs is 1. The van der Waals surface area contributed by atoms with Crippen LogP contribution in [0.5, 0.6) is 0 Å². The van der Waals surface area contributed by atoms with Crippen molar-refractivity contribution in [2.75, 3.05) is 0 Å². The van der Waals surface area contributed by atoms with Gasteiger partial charge >= 0.3 is 5.97 Å². The lowest BCUT2D eigenvalue weighted by Gasteiger charge is -2.05. The molecule has 0 fully saturated rings. The van der Waals surface area contributed by atoms with Crippen molar-refractivity contribution >= 4 is 11.6 Å². The lowest BCUT2D eigenvalue weighted by molar-refractivity contribution is -0.136. The van der Waals surface area contributed by atoms with E-state index in [1.54, 1.807) is 6.20 Å². The van der Waals surface area contributed by atoms with E-state index in [-0.39, 0.29) is 6.42 Å². The Bertz CT molecular complexity index is 773. The molecule has 0 aliphatic carbocycles. The molecule has 1 aromatic carbocycles. The quantitative estimate of drug-likeness (QED) is 0.793. The van der Waals surface area contributed by atoms with Crippen LogP contribution in [0.4, 0.5) is 0 Å². The summed E-state index contributed by atoms with van der Waals surface area (Å²) in [5, 5.41) is 8.92. The van der Waals surface area contributed by atoms with Crippen LogP contribution in [-0.4, -0.2) is 20.5 Å². The fourth-order valence-corrected chi connectivity index (χ4v) is 2.31. The molecule has 3 aromatic rings. The van der Waals surface area contributed by atoms with Gasteiger partial charge in [0.15, 0.2) is 0 Å². The first-order chi connectivity index (χ1) is 9.65. The molecular weight excluding hydrogens is 252 g/mol. The van der Waals surface area contributed by atoms with Crippen LogP contribution in [0.15, 0.2) is 48.8 Å². The van der Waals surface area contributed by atoms with Crippen LogP contribution in [-0.2, 0) is 11.2 Å². The molecule has 2 aromatic heterocycles. The van der Waals surface area contributed by atoms with E-state index < -0.39 is 5.97 Å². The second-order valence-corrected chi connectivity index (χ2v) is 4.80. The largest absolute Gasteiger partial charge is 0.481 e. The number of rotatable bonds is 3. The Hall–Kier alpha value is -2.62. The van der Waals surface area contributed by atoms with Crippen molar-refractivity contribution in [3.63, 3.8) is 0 Å². The molecule has 100 valence electrons. The second kappa shape index (κ2) is 4.81. The summed E-state index contributed by atoms with van der Waals surface area (Å²) in [6.07, 6.45) is 3.44. The van der Waals surface area contributed by atoms with Gasteiger partial charge in [-0.25, -0.2) is 4.98 Å². The van der Waals surface area contributed by atoms with Crippen LogP contribution in [0.2, 0.25) is 0 Å². The zero-order chi connectivity index (χ0) is 14.1. The molecule has 0 radical (unpaired) electrons. The van der Waals surface area contributed by atoms with Crippen molar-refractivity contribution in [2.45, 2.75) is 13.3 Å². The number of aryl methyl sites for hydroxylation is 1. The van der Waals surface area contributed by atoms with Gasteiger partial charge in [-0.2, -0.15) is 0 Å². The molecule has 1 N–H and O–H groups in total. The van der Waals surface area contributed by atoms with Gasteiger partial charge in [-0.1, -0.05) is 29.8 Å². The average Bonchev–Trinajstić information content (AvgIpc) is 2.82. The van der Waals surface area contributed by atoms with Crippen LogP contribution in [0.25, 0.3) is 16.8 Å². The van der Waals surface area contributed by atoms with Gasteiger partial charge in [0, 0.05) is 18.0 Å². The maximum atomic E-state index is 10.9. The van der Waals surface area contributed by atoms with E-state index >= 15 is 0 Å². The average molecular weight is 266 g/mol. The van der Waals surface area contributed by atoms with Crippen molar-refractivity contribution in [3.05, 3.63) is 60.0 Å². The Morgan fingerprint density at radius 1 is 1.25 bits per heavy atom. The number of imidazole rings is 1. The molecule has 20 heavy (non-hydrogen) atoms. The first-order valence-electron chi connectivity index (χ1n) is 6.39. The molecule has 0 unspecified atom stereocenters. The standard InChI is InChI=1S/C16H14N2O2/c1-11-4-6-12(7-5-11)14-3-2-8-18-13(9-15(19)20)10-17-16(14)18/h2-8,10H,9H2,1H3,(H,19,20). The highest BCUT2D eigenvalue weighted by Crippen LogP contribution is 2.24. The van der Waals surface area contributed by atoms with Gasteiger partial charge in [-0.15, -0.1) is 0 Å². The first-order valence-corrected chi connectivity index (χ1v) is 6.39. The zero-order valence-electron chi connectivity index (χ0n) is 11.1. The number of nitrogens with zero attached hydrogens (tertiary/aromatic N) is 2. The van der Waals surface area contributed by atoms with E-state index in [9.17, 15) is 4.79 Å². The summed E-state index contributed by atoms with van der Waals surface area (Å²) in [5.41, 5.74) is 4.75. The Morgan fingerprint density at radius 2 is 2.00 bits per heavy atom. The van der Waals surface area contributed by atoms with Crippen molar-refractivity contribution in [3.8, 4) is 11.1 Å². The Labute approximate surface area is 116 Å². The maximum absolute atomic E-state index is 10.9. The van der Waals surface area contributed by atoms with Crippen molar-refractivity contribution in [1.29, 1.82) is 0 Å².